The maximum absolute atomic E-state index is 12.2. The summed E-state index contributed by atoms with van der Waals surface area (Å²) in [4.78, 5) is 13.9. The summed E-state index contributed by atoms with van der Waals surface area (Å²) in [6.45, 7) is 0.958. The first kappa shape index (κ1) is 14.8. The van der Waals surface area contributed by atoms with Crippen LogP contribution >= 0.6 is 15.9 Å². The number of likely N-dealkylation sites (N-methyl/N-ethyl adjacent to an activating group) is 1. The predicted octanol–water partition coefficient (Wildman–Crippen LogP) is 2.82. The summed E-state index contributed by atoms with van der Waals surface area (Å²) in [7, 11) is 1.79. The van der Waals surface area contributed by atoms with Gasteiger partial charge in [0.25, 0.3) is 5.91 Å². The van der Waals surface area contributed by atoms with Crippen LogP contribution in [0.5, 0.6) is 0 Å². The number of halogens is 1. The van der Waals surface area contributed by atoms with Gasteiger partial charge in [0.15, 0.2) is 0 Å². The molecule has 0 spiro atoms. The summed E-state index contributed by atoms with van der Waals surface area (Å²) in [5, 5.41) is 0. The molecule has 0 fully saturated rings. The van der Waals surface area contributed by atoms with E-state index in [0.717, 1.165) is 10.9 Å². The third-order valence-electron chi connectivity index (χ3n) is 3.10. The van der Waals surface area contributed by atoms with Crippen molar-refractivity contribution in [3.05, 3.63) is 58.0 Å². The van der Waals surface area contributed by atoms with Gasteiger partial charge in [0.2, 0.25) is 0 Å². The lowest BCUT2D eigenvalue weighted by atomic mass is 10.1. The molecule has 0 bridgehead atoms. The number of carbonyl (C=O) groups excluding carboxylic acids is 1. The molecule has 1 aromatic carbocycles. The van der Waals surface area contributed by atoms with Gasteiger partial charge in [-0.1, -0.05) is 28.1 Å². The minimum Gasteiger partial charge on any atom is -0.467 e. The summed E-state index contributed by atoms with van der Waals surface area (Å²) in [6, 6.07) is 9.79. The SMILES string of the molecule is CN(CCc1ccc(Br)cc1)C(=O)c1coc(CN)c1. The third kappa shape index (κ3) is 3.71. The van der Waals surface area contributed by atoms with E-state index in [9.17, 15) is 4.79 Å². The molecule has 0 atom stereocenters. The number of nitrogens with two attached hydrogens (primary N) is 1. The molecule has 1 aromatic heterocycles. The summed E-state index contributed by atoms with van der Waals surface area (Å²) in [5.74, 6) is 0.570. The number of nitrogens with zero attached hydrogens (tertiary/aromatic N) is 1. The van der Waals surface area contributed by atoms with Gasteiger partial charge in [-0.25, -0.2) is 0 Å². The Labute approximate surface area is 126 Å². The highest BCUT2D eigenvalue weighted by molar-refractivity contribution is 9.10. The topological polar surface area (TPSA) is 59.5 Å². The average Bonchev–Trinajstić information content (AvgIpc) is 2.94. The molecule has 2 N–H and O–H groups in total. The molecule has 0 saturated heterocycles. The molecule has 1 amide bonds. The van der Waals surface area contributed by atoms with Crippen LogP contribution in [0.1, 0.15) is 21.7 Å². The number of rotatable bonds is 5. The molecule has 0 aliphatic carbocycles. The van der Waals surface area contributed by atoms with Gasteiger partial charge in [-0.05, 0) is 30.2 Å². The molecule has 0 radical (unpaired) electrons. The lowest BCUT2D eigenvalue weighted by Gasteiger charge is -2.16. The van der Waals surface area contributed by atoms with E-state index in [1.807, 2.05) is 24.3 Å². The van der Waals surface area contributed by atoms with Crippen LogP contribution < -0.4 is 5.73 Å². The maximum Gasteiger partial charge on any atom is 0.256 e. The van der Waals surface area contributed by atoms with Crippen LogP contribution in [0.15, 0.2) is 45.5 Å². The van der Waals surface area contributed by atoms with Crippen LogP contribution in [0.2, 0.25) is 0 Å². The second-order valence-corrected chi connectivity index (χ2v) is 5.52. The summed E-state index contributed by atoms with van der Waals surface area (Å²) >= 11 is 3.40. The molecular weight excluding hydrogens is 320 g/mol. The summed E-state index contributed by atoms with van der Waals surface area (Å²) < 4.78 is 6.24. The molecule has 0 unspecified atom stereocenters. The Balaban J connectivity index is 1.92. The Bertz CT molecular complexity index is 578. The monoisotopic (exact) mass is 336 g/mol. The van der Waals surface area contributed by atoms with Gasteiger partial charge < -0.3 is 15.1 Å². The fourth-order valence-corrected chi connectivity index (χ4v) is 2.13. The van der Waals surface area contributed by atoms with Crippen LogP contribution in [0.4, 0.5) is 0 Å². The van der Waals surface area contributed by atoms with Crippen molar-refractivity contribution in [2.75, 3.05) is 13.6 Å². The van der Waals surface area contributed by atoms with Crippen LogP contribution in [-0.4, -0.2) is 24.4 Å². The molecule has 0 aliphatic rings. The summed E-state index contributed by atoms with van der Waals surface area (Å²) in [6.07, 6.45) is 2.28. The quantitative estimate of drug-likeness (QED) is 0.913. The summed E-state index contributed by atoms with van der Waals surface area (Å²) in [5.41, 5.74) is 7.21. The first-order valence-corrected chi connectivity index (χ1v) is 7.17. The largest absolute Gasteiger partial charge is 0.467 e. The number of hydrogen-bond acceptors (Lipinski definition) is 3. The minimum absolute atomic E-state index is 0.0504. The van der Waals surface area contributed by atoms with Gasteiger partial charge in [0.05, 0.1) is 12.1 Å². The third-order valence-corrected chi connectivity index (χ3v) is 3.63. The zero-order valence-electron chi connectivity index (χ0n) is 11.3. The van der Waals surface area contributed by atoms with Crippen LogP contribution in [0.3, 0.4) is 0 Å². The van der Waals surface area contributed by atoms with Crippen molar-refractivity contribution in [1.82, 2.24) is 4.90 Å². The van der Waals surface area contributed by atoms with E-state index < -0.39 is 0 Å². The molecular formula is C15H17BrN2O2. The van der Waals surface area contributed by atoms with Crippen molar-refractivity contribution in [2.24, 2.45) is 5.73 Å². The fraction of sp³-hybridized carbons (Fsp3) is 0.267. The minimum atomic E-state index is -0.0504. The Morgan fingerprint density at radius 1 is 1.35 bits per heavy atom. The molecule has 106 valence electrons. The van der Waals surface area contributed by atoms with Crippen molar-refractivity contribution in [3.8, 4) is 0 Å². The molecule has 2 aromatic rings. The molecule has 5 heteroatoms. The molecule has 4 nitrogen and oxygen atoms in total. The highest BCUT2D eigenvalue weighted by atomic mass is 79.9. The second-order valence-electron chi connectivity index (χ2n) is 4.61. The van der Waals surface area contributed by atoms with E-state index in [1.165, 1.54) is 11.8 Å². The number of furan rings is 1. The van der Waals surface area contributed by atoms with Crippen molar-refractivity contribution in [1.29, 1.82) is 0 Å². The van der Waals surface area contributed by atoms with Crippen molar-refractivity contribution < 1.29 is 9.21 Å². The van der Waals surface area contributed by atoms with Crippen molar-refractivity contribution >= 4 is 21.8 Å². The molecule has 0 aliphatic heterocycles. The maximum atomic E-state index is 12.2. The smallest absolute Gasteiger partial charge is 0.256 e. The van der Waals surface area contributed by atoms with E-state index in [-0.39, 0.29) is 5.91 Å². The van der Waals surface area contributed by atoms with Gasteiger partial charge >= 0.3 is 0 Å². The molecule has 2 rings (SSSR count). The highest BCUT2D eigenvalue weighted by Crippen LogP contribution is 2.12. The number of benzene rings is 1. The first-order valence-electron chi connectivity index (χ1n) is 6.37. The lowest BCUT2D eigenvalue weighted by molar-refractivity contribution is 0.0796. The Hall–Kier alpha value is -1.59. The molecule has 20 heavy (non-hydrogen) atoms. The normalized spacial score (nSPS) is 10.6. The number of hydrogen-bond donors (Lipinski definition) is 1. The van der Waals surface area contributed by atoms with Gasteiger partial charge in [0.1, 0.15) is 12.0 Å². The van der Waals surface area contributed by atoms with Gasteiger partial charge in [0, 0.05) is 18.1 Å². The highest BCUT2D eigenvalue weighted by Gasteiger charge is 2.14. The predicted molar refractivity (Wildman–Crippen MR) is 81.4 cm³/mol. The van der Waals surface area contributed by atoms with Gasteiger partial charge in [-0.2, -0.15) is 0 Å². The first-order chi connectivity index (χ1) is 9.60. The van der Waals surface area contributed by atoms with E-state index in [2.05, 4.69) is 15.9 Å². The van der Waals surface area contributed by atoms with Gasteiger partial charge in [-0.15, -0.1) is 0 Å². The lowest BCUT2D eigenvalue weighted by Crippen LogP contribution is -2.28. The van der Waals surface area contributed by atoms with Crippen molar-refractivity contribution in [3.63, 3.8) is 0 Å². The zero-order valence-corrected chi connectivity index (χ0v) is 12.9. The number of amides is 1. The molecule has 0 saturated carbocycles. The van der Waals surface area contributed by atoms with E-state index in [0.29, 0.717) is 24.4 Å². The average molecular weight is 337 g/mol. The van der Waals surface area contributed by atoms with Crippen LogP contribution in [-0.2, 0) is 13.0 Å². The number of carbonyl (C=O) groups is 1. The van der Waals surface area contributed by atoms with Gasteiger partial charge in [-0.3, -0.25) is 4.79 Å². The molecule has 1 heterocycles. The zero-order chi connectivity index (χ0) is 14.5. The van der Waals surface area contributed by atoms with Crippen LogP contribution in [0, 0.1) is 0 Å². The van der Waals surface area contributed by atoms with E-state index in [1.54, 1.807) is 18.0 Å². The van der Waals surface area contributed by atoms with E-state index in [4.69, 9.17) is 10.2 Å². The fourth-order valence-electron chi connectivity index (χ4n) is 1.87. The second kappa shape index (κ2) is 6.72. The van der Waals surface area contributed by atoms with Crippen molar-refractivity contribution in [2.45, 2.75) is 13.0 Å². The van der Waals surface area contributed by atoms with E-state index >= 15 is 0 Å². The Morgan fingerprint density at radius 3 is 2.65 bits per heavy atom. The Morgan fingerprint density at radius 2 is 2.05 bits per heavy atom. The Kier molecular flexibility index (Phi) is 4.98. The van der Waals surface area contributed by atoms with Crippen LogP contribution in [0.25, 0.3) is 0 Å². The standard InChI is InChI=1S/C15H17BrN2O2/c1-18(7-6-11-2-4-13(16)5-3-11)15(19)12-8-14(9-17)20-10-12/h2-5,8,10H,6-7,9,17H2,1H3.